The van der Waals surface area contributed by atoms with Crippen LogP contribution in [0.15, 0.2) is 22.8 Å². The molecule has 5 nitrogen and oxygen atoms in total. The first-order chi connectivity index (χ1) is 8.31. The molecular weight excluding hydrogens is 254 g/mol. The van der Waals surface area contributed by atoms with Crippen LogP contribution in [0.1, 0.15) is 20.8 Å². The van der Waals surface area contributed by atoms with Crippen molar-refractivity contribution in [2.75, 3.05) is 12.9 Å². The van der Waals surface area contributed by atoms with Crippen molar-refractivity contribution in [2.24, 2.45) is 0 Å². The van der Waals surface area contributed by atoms with Crippen molar-refractivity contribution in [1.82, 2.24) is 5.32 Å². The van der Waals surface area contributed by atoms with E-state index < -0.39 is 11.7 Å². The van der Waals surface area contributed by atoms with Crippen LogP contribution in [0.25, 0.3) is 0 Å². The van der Waals surface area contributed by atoms with Gasteiger partial charge < -0.3 is 9.47 Å². The van der Waals surface area contributed by atoms with Gasteiger partial charge >= 0.3 is 12.1 Å². The average molecular weight is 271 g/mol. The van der Waals surface area contributed by atoms with Crippen LogP contribution in [0.4, 0.5) is 4.79 Å². The SMILES string of the molecule is COC(=O)C1=CC=C(NC(=O)OC(C)(C)C)SC1. The molecule has 0 spiro atoms. The van der Waals surface area contributed by atoms with Gasteiger partial charge in [0.15, 0.2) is 0 Å². The number of thioether (sulfide) groups is 1. The second kappa shape index (κ2) is 5.95. The lowest BCUT2D eigenvalue weighted by Gasteiger charge is -2.21. The molecule has 1 aliphatic heterocycles. The number of alkyl carbamates (subject to hydrolysis) is 1. The Morgan fingerprint density at radius 1 is 1.33 bits per heavy atom. The van der Waals surface area contributed by atoms with E-state index in [1.165, 1.54) is 18.9 Å². The average Bonchev–Trinajstić information content (AvgIpc) is 2.26. The van der Waals surface area contributed by atoms with Gasteiger partial charge in [-0.15, -0.1) is 11.8 Å². The fourth-order valence-corrected chi connectivity index (χ4v) is 2.01. The molecule has 1 aliphatic rings. The molecule has 0 saturated heterocycles. The third-order valence-corrected chi connectivity index (χ3v) is 2.90. The molecule has 6 heteroatoms. The Bertz CT molecular complexity index is 407. The number of esters is 1. The third kappa shape index (κ3) is 4.83. The summed E-state index contributed by atoms with van der Waals surface area (Å²) in [6, 6.07) is 0. The highest BCUT2D eigenvalue weighted by Gasteiger charge is 2.19. The molecule has 0 fully saturated rings. The summed E-state index contributed by atoms with van der Waals surface area (Å²) < 4.78 is 9.73. The molecule has 0 radical (unpaired) electrons. The summed E-state index contributed by atoms with van der Waals surface area (Å²) in [6.07, 6.45) is 2.79. The van der Waals surface area contributed by atoms with E-state index in [-0.39, 0.29) is 5.97 Å². The third-order valence-electron chi connectivity index (χ3n) is 1.89. The molecule has 1 amide bonds. The smallest absolute Gasteiger partial charge is 0.412 e. The van der Waals surface area contributed by atoms with Crippen LogP contribution in [-0.2, 0) is 14.3 Å². The zero-order valence-electron chi connectivity index (χ0n) is 10.9. The van der Waals surface area contributed by atoms with E-state index in [1.807, 2.05) is 0 Å². The highest BCUT2D eigenvalue weighted by atomic mass is 32.2. The van der Waals surface area contributed by atoms with Crippen molar-refractivity contribution in [1.29, 1.82) is 0 Å². The molecule has 1 heterocycles. The highest BCUT2D eigenvalue weighted by Crippen LogP contribution is 2.23. The summed E-state index contributed by atoms with van der Waals surface area (Å²) in [5, 5.41) is 3.27. The molecular formula is C12H17NO4S. The monoisotopic (exact) mass is 271 g/mol. The number of hydrogen-bond donors (Lipinski definition) is 1. The van der Waals surface area contributed by atoms with Crippen molar-refractivity contribution in [3.05, 3.63) is 22.8 Å². The topological polar surface area (TPSA) is 64.6 Å². The number of ether oxygens (including phenoxy) is 2. The van der Waals surface area contributed by atoms with Crippen LogP contribution in [-0.4, -0.2) is 30.5 Å². The van der Waals surface area contributed by atoms with Crippen LogP contribution in [0.5, 0.6) is 0 Å². The van der Waals surface area contributed by atoms with Gasteiger partial charge in [0.25, 0.3) is 0 Å². The van der Waals surface area contributed by atoms with Gasteiger partial charge in [-0.2, -0.15) is 0 Å². The minimum absolute atomic E-state index is 0.352. The van der Waals surface area contributed by atoms with E-state index in [0.29, 0.717) is 16.4 Å². The zero-order chi connectivity index (χ0) is 13.8. The summed E-state index contributed by atoms with van der Waals surface area (Å²) in [7, 11) is 1.34. The summed E-state index contributed by atoms with van der Waals surface area (Å²) in [6.45, 7) is 5.39. The number of methoxy groups -OCH3 is 1. The van der Waals surface area contributed by atoms with Crippen molar-refractivity contribution in [3.8, 4) is 0 Å². The van der Waals surface area contributed by atoms with Gasteiger partial charge in [0, 0.05) is 11.3 Å². The number of carbonyl (C=O) groups excluding carboxylic acids is 2. The van der Waals surface area contributed by atoms with Gasteiger partial charge in [-0.3, -0.25) is 5.32 Å². The molecule has 0 aromatic carbocycles. The number of rotatable bonds is 2. The van der Waals surface area contributed by atoms with Crippen molar-refractivity contribution >= 4 is 23.8 Å². The minimum Gasteiger partial charge on any atom is -0.466 e. The summed E-state index contributed by atoms with van der Waals surface area (Å²) in [4.78, 5) is 22.7. The van der Waals surface area contributed by atoms with Crippen molar-refractivity contribution in [3.63, 3.8) is 0 Å². The fraction of sp³-hybridized carbons (Fsp3) is 0.500. The molecule has 0 atom stereocenters. The van der Waals surface area contributed by atoms with E-state index in [0.717, 1.165) is 0 Å². The molecule has 18 heavy (non-hydrogen) atoms. The minimum atomic E-state index is -0.531. The van der Waals surface area contributed by atoms with E-state index >= 15 is 0 Å². The lowest BCUT2D eigenvalue weighted by atomic mass is 10.2. The maximum atomic E-state index is 11.5. The largest absolute Gasteiger partial charge is 0.466 e. The van der Waals surface area contributed by atoms with Gasteiger partial charge in [0.1, 0.15) is 5.60 Å². The second-order valence-electron chi connectivity index (χ2n) is 4.63. The number of allylic oxidation sites excluding steroid dienone is 2. The molecule has 0 bridgehead atoms. The van der Waals surface area contributed by atoms with Crippen LogP contribution in [0, 0.1) is 0 Å². The molecule has 100 valence electrons. The first-order valence-corrected chi connectivity index (χ1v) is 6.42. The maximum Gasteiger partial charge on any atom is 0.412 e. The lowest BCUT2D eigenvalue weighted by Crippen LogP contribution is -2.31. The predicted octanol–water partition coefficient (Wildman–Crippen LogP) is 2.20. The van der Waals surface area contributed by atoms with Crippen molar-refractivity contribution < 1.29 is 19.1 Å². The molecule has 0 unspecified atom stereocenters. The molecule has 1 N–H and O–H groups in total. The predicted molar refractivity (Wildman–Crippen MR) is 70.0 cm³/mol. The van der Waals surface area contributed by atoms with Crippen LogP contribution < -0.4 is 5.32 Å². The van der Waals surface area contributed by atoms with E-state index in [4.69, 9.17) is 4.74 Å². The number of nitrogens with one attached hydrogen (secondary N) is 1. The number of hydrogen-bond acceptors (Lipinski definition) is 5. The van der Waals surface area contributed by atoms with E-state index in [1.54, 1.807) is 32.9 Å². The van der Waals surface area contributed by atoms with Crippen LogP contribution >= 0.6 is 11.8 Å². The van der Waals surface area contributed by atoms with Gasteiger partial charge in [0.2, 0.25) is 0 Å². The van der Waals surface area contributed by atoms with Crippen molar-refractivity contribution in [2.45, 2.75) is 26.4 Å². The van der Waals surface area contributed by atoms with Gasteiger partial charge in [-0.25, -0.2) is 9.59 Å². The Balaban J connectivity index is 2.56. The molecule has 0 saturated carbocycles. The molecule has 0 aromatic rings. The summed E-state index contributed by atoms with van der Waals surface area (Å²) >= 11 is 1.35. The number of amides is 1. The summed E-state index contributed by atoms with van der Waals surface area (Å²) in [5.74, 6) is 0.115. The summed E-state index contributed by atoms with van der Waals surface area (Å²) in [5.41, 5.74) is 0.0361. The number of carbonyl (C=O) groups is 2. The van der Waals surface area contributed by atoms with E-state index in [9.17, 15) is 9.59 Å². The Hall–Kier alpha value is -1.43. The fourth-order valence-electron chi connectivity index (χ4n) is 1.17. The molecule has 0 aliphatic carbocycles. The Labute approximate surface area is 111 Å². The van der Waals surface area contributed by atoms with E-state index in [2.05, 4.69) is 10.1 Å². The Kier molecular flexibility index (Phi) is 4.84. The zero-order valence-corrected chi connectivity index (χ0v) is 11.7. The lowest BCUT2D eigenvalue weighted by molar-refractivity contribution is -0.135. The normalized spacial score (nSPS) is 15.3. The van der Waals surface area contributed by atoms with Gasteiger partial charge in [0.05, 0.1) is 12.1 Å². The first kappa shape index (κ1) is 14.6. The Morgan fingerprint density at radius 3 is 2.44 bits per heavy atom. The van der Waals surface area contributed by atoms with Gasteiger partial charge in [-0.05, 0) is 32.9 Å². The Morgan fingerprint density at radius 2 is 2.00 bits per heavy atom. The quantitative estimate of drug-likeness (QED) is 0.780. The second-order valence-corrected chi connectivity index (χ2v) is 5.65. The maximum absolute atomic E-state index is 11.5. The highest BCUT2D eigenvalue weighted by molar-refractivity contribution is 8.03. The van der Waals surface area contributed by atoms with Crippen LogP contribution in [0.2, 0.25) is 0 Å². The van der Waals surface area contributed by atoms with Crippen LogP contribution in [0.3, 0.4) is 0 Å². The van der Waals surface area contributed by atoms with Gasteiger partial charge in [-0.1, -0.05) is 0 Å². The molecule has 0 aromatic heterocycles. The first-order valence-electron chi connectivity index (χ1n) is 5.44. The molecule has 1 rings (SSSR count). The standard InChI is InChI=1S/C12H17NO4S/c1-12(2,3)17-11(15)13-9-6-5-8(7-18-9)10(14)16-4/h5-6H,7H2,1-4H3,(H,13,15).